The first-order valence-corrected chi connectivity index (χ1v) is 10.2. The summed E-state index contributed by atoms with van der Waals surface area (Å²) in [6.07, 6.45) is 2.22. The Balaban J connectivity index is 1.53. The van der Waals surface area contributed by atoms with Gasteiger partial charge in [0.15, 0.2) is 0 Å². The van der Waals surface area contributed by atoms with Gasteiger partial charge < -0.3 is 9.47 Å². The number of carbonyl (C=O) groups is 2. The number of likely N-dealkylation sites (tertiary alicyclic amines) is 1. The van der Waals surface area contributed by atoms with Crippen molar-refractivity contribution in [2.24, 2.45) is 11.8 Å². The van der Waals surface area contributed by atoms with Gasteiger partial charge in [0, 0.05) is 18.4 Å². The lowest BCUT2D eigenvalue weighted by atomic mass is 9.87. The summed E-state index contributed by atoms with van der Waals surface area (Å²) in [5.74, 6) is -0.797. The normalized spacial score (nSPS) is 22.4. The fourth-order valence-corrected chi connectivity index (χ4v) is 4.44. The van der Waals surface area contributed by atoms with Crippen LogP contribution in [-0.4, -0.2) is 36.2 Å². The lowest BCUT2D eigenvalue weighted by Crippen LogP contribution is -2.44. The van der Waals surface area contributed by atoms with Crippen molar-refractivity contribution in [3.63, 3.8) is 0 Å². The number of halogens is 1. The zero-order valence-electron chi connectivity index (χ0n) is 16.8. The first kappa shape index (κ1) is 20.1. The fraction of sp³-hybridized carbons (Fsp3) is 0.333. The minimum absolute atomic E-state index is 0.0193. The summed E-state index contributed by atoms with van der Waals surface area (Å²) in [7, 11) is 0. The van der Waals surface area contributed by atoms with Crippen LogP contribution in [0.15, 0.2) is 60.7 Å². The molecule has 1 heterocycles. The first-order valence-electron chi connectivity index (χ1n) is 10.2. The Kier molecular flexibility index (Phi) is 5.84. The lowest BCUT2D eigenvalue weighted by molar-refractivity contribution is -0.149. The molecule has 1 fully saturated rings. The molecular formula is C24H24FNO4. The van der Waals surface area contributed by atoms with Gasteiger partial charge in [-0.05, 0) is 42.2 Å². The van der Waals surface area contributed by atoms with Gasteiger partial charge in [-0.3, -0.25) is 4.90 Å². The molecule has 0 saturated carbocycles. The average molecular weight is 409 g/mol. The largest absolute Gasteiger partial charge is 0.464 e. The Hall–Kier alpha value is -3.15. The van der Waals surface area contributed by atoms with Crippen LogP contribution in [0.1, 0.15) is 24.5 Å². The van der Waals surface area contributed by atoms with E-state index >= 15 is 0 Å². The van der Waals surface area contributed by atoms with Gasteiger partial charge in [-0.25, -0.2) is 14.0 Å². The molecule has 2 aromatic rings. The van der Waals surface area contributed by atoms with E-state index < -0.39 is 18.1 Å². The highest BCUT2D eigenvalue weighted by atomic mass is 19.1. The van der Waals surface area contributed by atoms with Crippen LogP contribution in [0, 0.1) is 17.7 Å². The molecule has 0 spiro atoms. The molecular weight excluding hydrogens is 385 g/mol. The molecule has 1 saturated heterocycles. The van der Waals surface area contributed by atoms with E-state index in [2.05, 4.69) is 6.08 Å². The molecule has 2 aliphatic rings. The Morgan fingerprint density at radius 3 is 2.50 bits per heavy atom. The number of allylic oxidation sites excluding steroid dienone is 1. The lowest BCUT2D eigenvalue weighted by Gasteiger charge is -2.25. The van der Waals surface area contributed by atoms with Crippen molar-refractivity contribution in [1.29, 1.82) is 0 Å². The van der Waals surface area contributed by atoms with Crippen molar-refractivity contribution in [3.05, 3.63) is 77.6 Å². The standard InChI is InChI=1S/C24H24FNO4/c1-2-29-23(27)22-20-13-12-19(17-8-10-18(25)11-9-17)21(20)14-26(22)24(28)30-15-16-6-4-3-5-7-16/h3-12,20-22H,2,13-15H2,1H3/t20-,21+,22-/m0/s1. The van der Waals surface area contributed by atoms with Crippen LogP contribution < -0.4 is 0 Å². The summed E-state index contributed by atoms with van der Waals surface area (Å²) >= 11 is 0. The third-order valence-corrected chi connectivity index (χ3v) is 5.81. The third kappa shape index (κ3) is 3.95. The number of benzene rings is 2. The molecule has 3 atom stereocenters. The smallest absolute Gasteiger partial charge is 0.410 e. The number of ether oxygens (including phenoxy) is 2. The summed E-state index contributed by atoms with van der Waals surface area (Å²) in [4.78, 5) is 27.1. The quantitative estimate of drug-likeness (QED) is 0.686. The molecule has 0 aromatic heterocycles. The molecule has 6 heteroatoms. The summed E-state index contributed by atoms with van der Waals surface area (Å²) in [5.41, 5.74) is 2.82. The molecule has 2 aromatic carbocycles. The van der Waals surface area contributed by atoms with Gasteiger partial charge in [0.2, 0.25) is 0 Å². The molecule has 5 nitrogen and oxygen atoms in total. The fourth-order valence-electron chi connectivity index (χ4n) is 4.44. The Morgan fingerprint density at radius 2 is 1.80 bits per heavy atom. The summed E-state index contributed by atoms with van der Waals surface area (Å²) < 4.78 is 24.1. The molecule has 0 unspecified atom stereocenters. The van der Waals surface area contributed by atoms with Gasteiger partial charge >= 0.3 is 12.1 Å². The van der Waals surface area contributed by atoms with E-state index in [1.54, 1.807) is 19.1 Å². The summed E-state index contributed by atoms with van der Waals surface area (Å²) in [6, 6.07) is 15.0. The monoisotopic (exact) mass is 409 g/mol. The predicted octanol–water partition coefficient (Wildman–Crippen LogP) is 4.43. The van der Waals surface area contributed by atoms with Crippen molar-refractivity contribution in [2.45, 2.75) is 26.0 Å². The van der Waals surface area contributed by atoms with Gasteiger partial charge in [-0.1, -0.05) is 48.5 Å². The zero-order valence-corrected chi connectivity index (χ0v) is 16.8. The second-order valence-corrected chi connectivity index (χ2v) is 7.56. The Morgan fingerprint density at radius 1 is 1.07 bits per heavy atom. The van der Waals surface area contributed by atoms with Crippen molar-refractivity contribution in [3.8, 4) is 0 Å². The first-order chi connectivity index (χ1) is 14.6. The van der Waals surface area contributed by atoms with Crippen LogP contribution in [-0.2, 0) is 20.9 Å². The van der Waals surface area contributed by atoms with E-state index in [0.29, 0.717) is 13.0 Å². The molecule has 30 heavy (non-hydrogen) atoms. The maximum absolute atomic E-state index is 13.3. The second-order valence-electron chi connectivity index (χ2n) is 7.56. The maximum atomic E-state index is 13.3. The third-order valence-electron chi connectivity index (χ3n) is 5.81. The topological polar surface area (TPSA) is 55.8 Å². The molecule has 1 aliphatic carbocycles. The number of hydrogen-bond donors (Lipinski definition) is 0. The molecule has 156 valence electrons. The Bertz CT molecular complexity index is 941. The zero-order chi connectivity index (χ0) is 21.1. The van der Waals surface area contributed by atoms with Gasteiger partial charge in [0.25, 0.3) is 0 Å². The molecule has 1 amide bonds. The SMILES string of the molecule is CCOC(=O)[C@@H]1[C@H]2CC=C(c3ccc(F)cc3)[C@H]2CN1C(=O)OCc1ccccc1. The minimum atomic E-state index is -0.688. The van der Waals surface area contributed by atoms with Crippen LogP contribution in [0.2, 0.25) is 0 Å². The molecule has 0 N–H and O–H groups in total. The van der Waals surface area contributed by atoms with E-state index in [1.165, 1.54) is 17.0 Å². The molecule has 0 radical (unpaired) electrons. The minimum Gasteiger partial charge on any atom is -0.464 e. The van der Waals surface area contributed by atoms with E-state index in [1.807, 2.05) is 30.3 Å². The Labute approximate surface area is 175 Å². The van der Waals surface area contributed by atoms with Crippen molar-refractivity contribution in [2.75, 3.05) is 13.2 Å². The van der Waals surface area contributed by atoms with Gasteiger partial charge in [0.05, 0.1) is 6.61 Å². The van der Waals surface area contributed by atoms with E-state index in [9.17, 15) is 14.0 Å². The van der Waals surface area contributed by atoms with Crippen molar-refractivity contribution >= 4 is 17.6 Å². The number of hydrogen-bond acceptors (Lipinski definition) is 4. The average Bonchev–Trinajstić information content (AvgIpc) is 3.33. The van der Waals surface area contributed by atoms with Gasteiger partial charge in [0.1, 0.15) is 18.5 Å². The van der Waals surface area contributed by atoms with Crippen LogP contribution in [0.25, 0.3) is 5.57 Å². The molecule has 4 rings (SSSR count). The van der Waals surface area contributed by atoms with E-state index in [4.69, 9.17) is 9.47 Å². The van der Waals surface area contributed by atoms with Gasteiger partial charge in [-0.2, -0.15) is 0 Å². The number of esters is 1. The van der Waals surface area contributed by atoms with E-state index in [0.717, 1.165) is 16.7 Å². The number of rotatable bonds is 5. The summed E-state index contributed by atoms with van der Waals surface area (Å²) in [6.45, 7) is 2.50. The highest BCUT2D eigenvalue weighted by Crippen LogP contribution is 2.46. The highest BCUT2D eigenvalue weighted by Gasteiger charge is 2.52. The van der Waals surface area contributed by atoms with Crippen molar-refractivity contribution < 1.29 is 23.5 Å². The van der Waals surface area contributed by atoms with Gasteiger partial charge in [-0.15, -0.1) is 0 Å². The maximum Gasteiger partial charge on any atom is 0.410 e. The number of amides is 1. The van der Waals surface area contributed by atoms with Crippen LogP contribution in [0.4, 0.5) is 9.18 Å². The number of nitrogens with zero attached hydrogens (tertiary/aromatic N) is 1. The number of carbonyl (C=O) groups excluding carboxylic acids is 2. The number of fused-ring (bicyclic) bond motifs is 1. The predicted molar refractivity (Wildman–Crippen MR) is 110 cm³/mol. The van der Waals surface area contributed by atoms with Crippen molar-refractivity contribution in [1.82, 2.24) is 4.90 Å². The van der Waals surface area contributed by atoms with Crippen LogP contribution >= 0.6 is 0 Å². The van der Waals surface area contributed by atoms with Crippen LogP contribution in [0.3, 0.4) is 0 Å². The summed E-state index contributed by atoms with van der Waals surface area (Å²) in [5, 5.41) is 0. The molecule has 0 bridgehead atoms. The van der Waals surface area contributed by atoms with Crippen LogP contribution in [0.5, 0.6) is 0 Å². The second kappa shape index (κ2) is 8.69. The van der Waals surface area contributed by atoms with E-state index in [-0.39, 0.29) is 30.9 Å². The highest BCUT2D eigenvalue weighted by molar-refractivity contribution is 5.85. The molecule has 1 aliphatic heterocycles.